The molecule has 0 unspecified atom stereocenters. The van der Waals surface area contributed by atoms with Crippen LogP contribution >= 0.6 is 0 Å². The lowest BCUT2D eigenvalue weighted by Gasteiger charge is -2.32. The molecule has 3 atom stereocenters. The zero-order chi connectivity index (χ0) is 21.4. The Bertz CT molecular complexity index is 1020. The molecular formula is C22H22FN5O2. The average Bonchev–Trinajstić information content (AvgIpc) is 3.30. The molecule has 7 nitrogen and oxygen atoms in total. The number of carbonyl (C=O) groups is 2. The van der Waals surface area contributed by atoms with Gasteiger partial charge in [-0.05, 0) is 29.8 Å². The average molecular weight is 407 g/mol. The second-order valence-corrected chi connectivity index (χ2v) is 8.01. The molecule has 0 saturated carbocycles. The summed E-state index contributed by atoms with van der Waals surface area (Å²) in [5.41, 5.74) is 1.43. The van der Waals surface area contributed by atoms with Gasteiger partial charge in [-0.15, -0.1) is 0 Å². The van der Waals surface area contributed by atoms with E-state index < -0.39 is 0 Å². The third-order valence-corrected chi connectivity index (χ3v) is 5.89. The molecule has 0 aliphatic carbocycles. The maximum Gasteiger partial charge on any atom is 0.320 e. The molecule has 4 rings (SSSR count). The fourth-order valence-corrected chi connectivity index (χ4v) is 4.55. The van der Waals surface area contributed by atoms with Crippen LogP contribution in [0.5, 0.6) is 0 Å². The molecule has 0 radical (unpaired) electrons. The van der Waals surface area contributed by atoms with Crippen molar-refractivity contribution >= 4 is 11.9 Å². The summed E-state index contributed by atoms with van der Waals surface area (Å²) in [6.45, 7) is 1.51. The van der Waals surface area contributed by atoms with E-state index in [1.165, 1.54) is 29.3 Å². The highest BCUT2D eigenvalue weighted by Gasteiger charge is 2.50. The van der Waals surface area contributed by atoms with Crippen LogP contribution < -0.4 is 0 Å². The highest BCUT2D eigenvalue weighted by molar-refractivity contribution is 5.94. The monoisotopic (exact) mass is 407 g/mol. The van der Waals surface area contributed by atoms with E-state index in [1.54, 1.807) is 36.0 Å². The second kappa shape index (κ2) is 7.75. The van der Waals surface area contributed by atoms with E-state index in [0.717, 1.165) is 5.56 Å². The summed E-state index contributed by atoms with van der Waals surface area (Å²) in [6.07, 6.45) is 1.42. The summed E-state index contributed by atoms with van der Waals surface area (Å²) in [5.74, 6) is -0.365. The number of carbonyl (C=O) groups excluding carboxylic acids is 2. The SMILES string of the molecule is CN(C)C(=O)N1C[C@H]2CN(C(=O)c3ccc(C#N)nc3)C[C@H]2[C@@H]1c1cccc(F)c1. The van der Waals surface area contributed by atoms with E-state index in [0.29, 0.717) is 25.2 Å². The lowest BCUT2D eigenvalue weighted by atomic mass is 9.89. The van der Waals surface area contributed by atoms with Gasteiger partial charge in [0.15, 0.2) is 0 Å². The molecule has 8 heteroatoms. The molecule has 3 heterocycles. The number of halogens is 1. The number of rotatable bonds is 2. The minimum Gasteiger partial charge on any atom is -0.338 e. The molecule has 0 spiro atoms. The number of amides is 3. The van der Waals surface area contributed by atoms with Gasteiger partial charge in [-0.1, -0.05) is 12.1 Å². The predicted octanol–water partition coefficient (Wildman–Crippen LogP) is 2.52. The van der Waals surface area contributed by atoms with Crippen molar-refractivity contribution in [1.29, 1.82) is 5.26 Å². The van der Waals surface area contributed by atoms with E-state index in [2.05, 4.69) is 4.98 Å². The van der Waals surface area contributed by atoms with Gasteiger partial charge in [-0.25, -0.2) is 14.2 Å². The fraction of sp³-hybridized carbons (Fsp3) is 0.364. The summed E-state index contributed by atoms with van der Waals surface area (Å²) in [5, 5.41) is 8.88. The molecule has 1 aromatic carbocycles. The third-order valence-electron chi connectivity index (χ3n) is 5.89. The van der Waals surface area contributed by atoms with Gasteiger partial charge >= 0.3 is 6.03 Å². The van der Waals surface area contributed by atoms with E-state index in [9.17, 15) is 14.0 Å². The Kier molecular flexibility index (Phi) is 5.12. The lowest BCUT2D eigenvalue weighted by Crippen LogP contribution is -2.42. The Morgan fingerprint density at radius 2 is 2.00 bits per heavy atom. The maximum absolute atomic E-state index is 13.9. The molecule has 2 fully saturated rings. The van der Waals surface area contributed by atoms with Crippen molar-refractivity contribution in [2.45, 2.75) is 6.04 Å². The van der Waals surface area contributed by atoms with E-state index in [1.807, 2.05) is 12.1 Å². The Hall–Kier alpha value is -3.47. The summed E-state index contributed by atoms with van der Waals surface area (Å²) < 4.78 is 13.9. The van der Waals surface area contributed by atoms with Crippen molar-refractivity contribution in [1.82, 2.24) is 19.7 Å². The minimum absolute atomic E-state index is 0.0194. The van der Waals surface area contributed by atoms with Crippen molar-refractivity contribution in [3.8, 4) is 6.07 Å². The Balaban J connectivity index is 1.60. The first-order valence-electron chi connectivity index (χ1n) is 9.78. The molecule has 3 amide bonds. The quantitative estimate of drug-likeness (QED) is 0.766. The summed E-state index contributed by atoms with van der Waals surface area (Å²) in [6, 6.07) is 11.0. The number of pyridine rings is 1. The van der Waals surface area contributed by atoms with E-state index in [-0.39, 0.29) is 41.3 Å². The largest absolute Gasteiger partial charge is 0.338 e. The van der Waals surface area contributed by atoms with Gasteiger partial charge in [0.1, 0.15) is 17.6 Å². The molecule has 0 bridgehead atoms. The van der Waals surface area contributed by atoms with Crippen molar-refractivity contribution in [3.05, 3.63) is 65.2 Å². The third kappa shape index (κ3) is 3.47. The summed E-state index contributed by atoms with van der Waals surface area (Å²) in [4.78, 5) is 34.8. The van der Waals surface area contributed by atoms with Gasteiger partial charge in [0.25, 0.3) is 5.91 Å². The lowest BCUT2D eigenvalue weighted by molar-refractivity contribution is 0.0766. The van der Waals surface area contributed by atoms with Gasteiger partial charge in [-0.3, -0.25) is 4.79 Å². The van der Waals surface area contributed by atoms with Gasteiger partial charge < -0.3 is 14.7 Å². The first-order chi connectivity index (χ1) is 14.4. The second-order valence-electron chi connectivity index (χ2n) is 8.01. The number of hydrogen-bond donors (Lipinski definition) is 0. The number of hydrogen-bond acceptors (Lipinski definition) is 4. The van der Waals surface area contributed by atoms with Gasteiger partial charge in [-0.2, -0.15) is 5.26 Å². The summed E-state index contributed by atoms with van der Waals surface area (Å²) >= 11 is 0. The Morgan fingerprint density at radius 3 is 2.63 bits per heavy atom. The molecular weight excluding hydrogens is 385 g/mol. The van der Waals surface area contributed by atoms with Crippen molar-refractivity contribution in [2.75, 3.05) is 33.7 Å². The smallest absolute Gasteiger partial charge is 0.320 e. The Morgan fingerprint density at radius 1 is 1.20 bits per heavy atom. The number of benzene rings is 1. The first kappa shape index (κ1) is 19.8. The molecule has 0 N–H and O–H groups in total. The molecule has 2 aliphatic rings. The van der Waals surface area contributed by atoms with Crippen LogP contribution in [0.2, 0.25) is 0 Å². The van der Waals surface area contributed by atoms with Crippen LogP contribution in [0.4, 0.5) is 9.18 Å². The Labute approximate surface area is 174 Å². The van der Waals surface area contributed by atoms with Crippen LogP contribution in [0, 0.1) is 29.0 Å². The van der Waals surface area contributed by atoms with Crippen molar-refractivity contribution in [3.63, 3.8) is 0 Å². The van der Waals surface area contributed by atoms with Gasteiger partial charge in [0.05, 0.1) is 11.6 Å². The van der Waals surface area contributed by atoms with E-state index >= 15 is 0 Å². The summed E-state index contributed by atoms with van der Waals surface area (Å²) in [7, 11) is 3.40. The molecule has 2 saturated heterocycles. The number of nitriles is 1. The van der Waals surface area contributed by atoms with Crippen LogP contribution in [0.25, 0.3) is 0 Å². The molecule has 1 aromatic heterocycles. The molecule has 2 aromatic rings. The van der Waals surface area contributed by atoms with Crippen molar-refractivity contribution in [2.24, 2.45) is 11.8 Å². The van der Waals surface area contributed by atoms with Crippen LogP contribution in [-0.2, 0) is 0 Å². The predicted molar refractivity (Wildman–Crippen MR) is 107 cm³/mol. The standard InChI is InChI=1S/C22H22FN5O2/c1-26(2)22(30)28-12-16-11-27(21(29)15-6-7-18(9-24)25-10-15)13-19(16)20(28)14-4-3-5-17(23)8-14/h3-8,10,16,19-20H,11-13H2,1-2H3/t16-,19-,20+/m1/s1. The molecule has 154 valence electrons. The van der Waals surface area contributed by atoms with Gasteiger partial charge in [0, 0.05) is 51.8 Å². The molecule has 30 heavy (non-hydrogen) atoms. The van der Waals surface area contributed by atoms with Crippen LogP contribution in [0.1, 0.15) is 27.7 Å². The zero-order valence-electron chi connectivity index (χ0n) is 16.8. The molecule has 2 aliphatic heterocycles. The highest BCUT2D eigenvalue weighted by atomic mass is 19.1. The van der Waals surface area contributed by atoms with Crippen LogP contribution in [0.3, 0.4) is 0 Å². The van der Waals surface area contributed by atoms with Gasteiger partial charge in [0.2, 0.25) is 0 Å². The number of urea groups is 1. The fourth-order valence-electron chi connectivity index (χ4n) is 4.55. The van der Waals surface area contributed by atoms with Crippen LogP contribution in [0.15, 0.2) is 42.6 Å². The number of nitrogens with zero attached hydrogens (tertiary/aromatic N) is 5. The van der Waals surface area contributed by atoms with Crippen LogP contribution in [-0.4, -0.2) is 65.4 Å². The number of likely N-dealkylation sites (tertiary alicyclic amines) is 2. The number of aromatic nitrogens is 1. The number of fused-ring (bicyclic) bond motifs is 1. The highest BCUT2D eigenvalue weighted by Crippen LogP contribution is 2.45. The zero-order valence-corrected chi connectivity index (χ0v) is 16.8. The minimum atomic E-state index is -0.345. The van der Waals surface area contributed by atoms with Crippen molar-refractivity contribution < 1.29 is 14.0 Å². The topological polar surface area (TPSA) is 80.5 Å². The maximum atomic E-state index is 13.9. The first-order valence-corrected chi connectivity index (χ1v) is 9.78. The normalized spacial score (nSPS) is 22.5. The van der Waals surface area contributed by atoms with E-state index in [4.69, 9.17) is 5.26 Å².